The predicted molar refractivity (Wildman–Crippen MR) is 112 cm³/mol. The van der Waals surface area contributed by atoms with E-state index in [-0.39, 0.29) is 54.8 Å². The topological polar surface area (TPSA) is 94.2 Å². The Bertz CT molecular complexity index is 1060. The summed E-state index contributed by atoms with van der Waals surface area (Å²) in [6, 6.07) is 7.35. The van der Waals surface area contributed by atoms with Crippen LogP contribution in [0.5, 0.6) is 11.5 Å². The molecule has 1 fully saturated rings. The maximum atomic E-state index is 13.5. The monoisotopic (exact) mass is 470 g/mol. The smallest absolute Gasteiger partial charge is 0.246 e. The number of benzene rings is 2. The Morgan fingerprint density at radius 1 is 1.12 bits per heavy atom. The van der Waals surface area contributed by atoms with E-state index in [1.54, 1.807) is 6.07 Å². The van der Waals surface area contributed by atoms with Crippen molar-refractivity contribution < 1.29 is 36.2 Å². The van der Waals surface area contributed by atoms with Gasteiger partial charge in [-0.2, -0.15) is 4.31 Å². The largest absolute Gasteiger partial charge is 0.495 e. The van der Waals surface area contributed by atoms with Gasteiger partial charge in [0.1, 0.15) is 16.5 Å². The molecule has 1 saturated heterocycles. The fraction of sp³-hybridized carbons (Fsp3) is 0.381. The molecule has 8 nitrogen and oxygen atoms in total. The Balaban J connectivity index is 1.59. The molecule has 1 amide bonds. The third kappa shape index (κ3) is 5.93. The number of nitrogens with zero attached hydrogens (tertiary/aromatic N) is 1. The van der Waals surface area contributed by atoms with Gasteiger partial charge >= 0.3 is 0 Å². The van der Waals surface area contributed by atoms with Gasteiger partial charge in [0.2, 0.25) is 15.9 Å². The summed E-state index contributed by atoms with van der Waals surface area (Å²) in [5.41, 5.74) is 0.299. The zero-order valence-electron chi connectivity index (χ0n) is 17.5. The SMILES string of the molecule is COc1ccc(NC(=O)CCCOc2ccc(F)cc2F)cc1S(=O)(=O)N1CCOCC1. The zero-order chi connectivity index (χ0) is 23.1. The van der Waals surface area contributed by atoms with E-state index in [1.807, 2.05) is 0 Å². The summed E-state index contributed by atoms with van der Waals surface area (Å²) in [6.45, 7) is 1.13. The van der Waals surface area contributed by atoms with Crippen molar-refractivity contribution in [2.24, 2.45) is 0 Å². The molecule has 32 heavy (non-hydrogen) atoms. The number of nitrogens with one attached hydrogen (secondary N) is 1. The molecule has 0 atom stereocenters. The van der Waals surface area contributed by atoms with Crippen molar-refractivity contribution in [3.8, 4) is 11.5 Å². The van der Waals surface area contributed by atoms with Gasteiger partial charge in [0.25, 0.3) is 0 Å². The van der Waals surface area contributed by atoms with Gasteiger partial charge in [-0.05, 0) is 36.8 Å². The van der Waals surface area contributed by atoms with Crippen molar-refractivity contribution in [1.82, 2.24) is 4.31 Å². The van der Waals surface area contributed by atoms with Gasteiger partial charge in [0, 0.05) is 31.3 Å². The Morgan fingerprint density at radius 3 is 2.53 bits per heavy atom. The fourth-order valence-electron chi connectivity index (χ4n) is 3.11. The number of ether oxygens (including phenoxy) is 3. The normalized spacial score (nSPS) is 14.7. The van der Waals surface area contributed by atoms with Gasteiger partial charge in [-0.15, -0.1) is 0 Å². The highest BCUT2D eigenvalue weighted by molar-refractivity contribution is 7.89. The molecule has 11 heteroatoms. The lowest BCUT2D eigenvalue weighted by molar-refractivity contribution is -0.116. The van der Waals surface area contributed by atoms with Crippen LogP contribution in [-0.4, -0.2) is 58.7 Å². The molecule has 0 saturated carbocycles. The summed E-state index contributed by atoms with van der Waals surface area (Å²) >= 11 is 0. The van der Waals surface area contributed by atoms with Crippen LogP contribution in [0, 0.1) is 11.6 Å². The lowest BCUT2D eigenvalue weighted by atomic mass is 10.2. The van der Waals surface area contributed by atoms with Crippen molar-refractivity contribution >= 4 is 21.6 Å². The van der Waals surface area contributed by atoms with Crippen molar-refractivity contribution in [3.63, 3.8) is 0 Å². The van der Waals surface area contributed by atoms with Crippen LogP contribution in [0.1, 0.15) is 12.8 Å². The zero-order valence-corrected chi connectivity index (χ0v) is 18.3. The van der Waals surface area contributed by atoms with Crippen molar-refractivity contribution in [1.29, 1.82) is 0 Å². The molecular formula is C21H24F2N2O6S. The van der Waals surface area contributed by atoms with Gasteiger partial charge in [-0.3, -0.25) is 4.79 Å². The van der Waals surface area contributed by atoms with Gasteiger partial charge in [-0.25, -0.2) is 17.2 Å². The molecule has 174 valence electrons. The van der Waals surface area contributed by atoms with Gasteiger partial charge in [0.15, 0.2) is 11.6 Å². The molecule has 0 aromatic heterocycles. The number of carbonyl (C=O) groups is 1. The number of amides is 1. The summed E-state index contributed by atoms with van der Waals surface area (Å²) < 4.78 is 69.4. The number of hydrogen-bond acceptors (Lipinski definition) is 6. The van der Waals surface area contributed by atoms with Crippen LogP contribution in [0.25, 0.3) is 0 Å². The molecule has 0 unspecified atom stereocenters. The predicted octanol–water partition coefficient (Wildman–Crippen LogP) is 2.79. The Morgan fingerprint density at radius 2 is 1.84 bits per heavy atom. The van der Waals surface area contributed by atoms with E-state index >= 15 is 0 Å². The number of sulfonamides is 1. The summed E-state index contributed by atoms with van der Waals surface area (Å²) in [4.78, 5) is 12.2. The second-order valence-corrected chi connectivity index (χ2v) is 8.86. The molecule has 1 N–H and O–H groups in total. The quantitative estimate of drug-likeness (QED) is 0.567. The Kier molecular flexibility index (Phi) is 7.99. The van der Waals surface area contributed by atoms with Crippen LogP contribution in [0.3, 0.4) is 0 Å². The number of morpholine rings is 1. The summed E-state index contributed by atoms with van der Waals surface area (Å²) in [7, 11) is -2.46. The van der Waals surface area contributed by atoms with E-state index in [1.165, 1.54) is 29.6 Å². The summed E-state index contributed by atoms with van der Waals surface area (Å²) in [5.74, 6) is -1.82. The van der Waals surface area contributed by atoms with Crippen molar-refractivity contribution in [3.05, 3.63) is 48.0 Å². The second kappa shape index (κ2) is 10.7. The molecule has 2 aromatic carbocycles. The van der Waals surface area contributed by atoms with Crippen LogP contribution in [0.15, 0.2) is 41.3 Å². The molecule has 0 spiro atoms. The number of rotatable bonds is 9. The minimum absolute atomic E-state index is 0.0465. The fourth-order valence-corrected chi connectivity index (χ4v) is 4.70. The number of halogens is 2. The van der Waals surface area contributed by atoms with Crippen LogP contribution < -0.4 is 14.8 Å². The number of methoxy groups -OCH3 is 1. The van der Waals surface area contributed by atoms with Crippen LogP contribution >= 0.6 is 0 Å². The molecule has 1 aliphatic rings. The average molecular weight is 470 g/mol. The molecule has 0 aliphatic carbocycles. The first-order valence-corrected chi connectivity index (χ1v) is 11.4. The summed E-state index contributed by atoms with van der Waals surface area (Å²) in [5, 5.41) is 2.64. The van der Waals surface area contributed by atoms with Gasteiger partial charge < -0.3 is 19.5 Å². The lowest BCUT2D eigenvalue weighted by Crippen LogP contribution is -2.40. The standard InChI is InChI=1S/C21H24F2N2O6S/c1-29-19-7-5-16(14-20(19)32(27,28)25-8-11-30-12-9-25)24-21(26)3-2-10-31-18-6-4-15(22)13-17(18)23/h4-7,13-14H,2-3,8-12H2,1H3,(H,24,26). The van der Waals surface area contributed by atoms with E-state index < -0.39 is 21.7 Å². The van der Waals surface area contributed by atoms with Crippen molar-refractivity contribution in [2.45, 2.75) is 17.7 Å². The average Bonchev–Trinajstić information content (AvgIpc) is 2.78. The van der Waals surface area contributed by atoms with E-state index in [0.29, 0.717) is 25.0 Å². The molecule has 1 heterocycles. The molecule has 2 aromatic rings. The Labute approximate surface area is 185 Å². The number of hydrogen-bond donors (Lipinski definition) is 1. The minimum Gasteiger partial charge on any atom is -0.495 e. The molecule has 0 bridgehead atoms. The molecule has 0 radical (unpaired) electrons. The maximum Gasteiger partial charge on any atom is 0.246 e. The second-order valence-electron chi connectivity index (χ2n) is 6.96. The Hall–Kier alpha value is -2.76. The van der Waals surface area contributed by atoms with E-state index in [2.05, 4.69) is 5.32 Å². The first kappa shape index (κ1) is 23.9. The first-order valence-electron chi connectivity index (χ1n) is 9.95. The number of anilines is 1. The molecular weight excluding hydrogens is 446 g/mol. The molecule has 1 aliphatic heterocycles. The minimum atomic E-state index is -3.83. The first-order chi connectivity index (χ1) is 15.3. The maximum absolute atomic E-state index is 13.5. The van der Waals surface area contributed by atoms with Gasteiger partial charge in [0.05, 0.1) is 26.9 Å². The highest BCUT2D eigenvalue weighted by Gasteiger charge is 2.29. The van der Waals surface area contributed by atoms with Gasteiger partial charge in [-0.1, -0.05) is 0 Å². The lowest BCUT2D eigenvalue weighted by Gasteiger charge is -2.26. The summed E-state index contributed by atoms with van der Waals surface area (Å²) in [6.07, 6.45) is 0.331. The van der Waals surface area contributed by atoms with Crippen molar-refractivity contribution in [2.75, 3.05) is 45.3 Å². The van der Waals surface area contributed by atoms with Crippen LogP contribution in [0.4, 0.5) is 14.5 Å². The third-order valence-corrected chi connectivity index (χ3v) is 6.65. The van der Waals surface area contributed by atoms with Crippen LogP contribution in [0.2, 0.25) is 0 Å². The van der Waals surface area contributed by atoms with Crippen LogP contribution in [-0.2, 0) is 19.6 Å². The van der Waals surface area contributed by atoms with E-state index in [9.17, 15) is 22.0 Å². The number of carbonyl (C=O) groups excluding carboxylic acids is 1. The molecule has 3 rings (SSSR count). The third-order valence-electron chi connectivity index (χ3n) is 4.73. The van der Waals surface area contributed by atoms with E-state index in [0.717, 1.165) is 6.07 Å². The van der Waals surface area contributed by atoms with E-state index in [4.69, 9.17) is 14.2 Å². The highest BCUT2D eigenvalue weighted by atomic mass is 32.2. The highest BCUT2D eigenvalue weighted by Crippen LogP contribution is 2.30.